The summed E-state index contributed by atoms with van der Waals surface area (Å²) in [6.45, 7) is 0.288. The Morgan fingerprint density at radius 3 is 2.58 bits per heavy atom. The zero-order valence-electron chi connectivity index (χ0n) is 19.8. The number of rotatable bonds is 6. The van der Waals surface area contributed by atoms with Crippen molar-refractivity contribution in [2.24, 2.45) is 0 Å². The molecular weight excluding hydrogens is 502 g/mol. The quantitative estimate of drug-likeness (QED) is 0.256. The maximum absolute atomic E-state index is 14.5. The number of benzene rings is 2. The van der Waals surface area contributed by atoms with Gasteiger partial charge in [0.05, 0.1) is 22.2 Å². The summed E-state index contributed by atoms with van der Waals surface area (Å²) >= 11 is 7.41. The molecule has 2 aromatic heterocycles. The molecule has 1 fully saturated rings. The fourth-order valence-electron chi connectivity index (χ4n) is 4.92. The molecule has 1 saturated carbocycles. The predicted octanol–water partition coefficient (Wildman–Crippen LogP) is 7.88. The Labute approximate surface area is 217 Å². The van der Waals surface area contributed by atoms with E-state index in [-0.39, 0.29) is 38.5 Å². The normalized spacial score (nSPS) is 14.2. The number of ether oxygens (including phenoxy) is 1. The van der Waals surface area contributed by atoms with Crippen LogP contribution in [0.1, 0.15) is 47.3 Å². The highest BCUT2D eigenvalue weighted by atomic mass is 35.5. The number of methoxy groups -OCH3 is 1. The van der Waals surface area contributed by atoms with Gasteiger partial charge in [-0.05, 0) is 48.7 Å². The molecule has 1 amide bonds. The van der Waals surface area contributed by atoms with E-state index in [2.05, 4.69) is 4.98 Å². The van der Waals surface area contributed by atoms with Gasteiger partial charge in [0, 0.05) is 36.1 Å². The summed E-state index contributed by atoms with van der Waals surface area (Å²) in [5.74, 6) is -0.884. The summed E-state index contributed by atoms with van der Waals surface area (Å²) in [5.41, 5.74) is 2.75. The highest BCUT2D eigenvalue weighted by Crippen LogP contribution is 2.40. The predicted molar refractivity (Wildman–Crippen MR) is 140 cm³/mol. The molecule has 0 spiro atoms. The lowest BCUT2D eigenvalue weighted by atomic mass is 9.93. The monoisotopic (exact) mass is 526 g/mol. The second kappa shape index (κ2) is 10.5. The van der Waals surface area contributed by atoms with E-state index >= 15 is 0 Å². The van der Waals surface area contributed by atoms with E-state index < -0.39 is 11.6 Å². The lowest BCUT2D eigenvalue weighted by Gasteiger charge is -2.34. The average molecular weight is 527 g/mol. The number of thiophene rings is 1. The number of nitrogens with zero attached hydrogens (tertiary/aromatic N) is 2. The van der Waals surface area contributed by atoms with Crippen LogP contribution in [0.15, 0.2) is 54.9 Å². The Morgan fingerprint density at radius 2 is 1.89 bits per heavy atom. The van der Waals surface area contributed by atoms with Gasteiger partial charge in [-0.2, -0.15) is 0 Å². The number of fused-ring (bicyclic) bond motifs is 1. The van der Waals surface area contributed by atoms with E-state index in [1.165, 1.54) is 0 Å². The van der Waals surface area contributed by atoms with Gasteiger partial charge in [-0.15, -0.1) is 11.3 Å². The topological polar surface area (TPSA) is 42.4 Å². The summed E-state index contributed by atoms with van der Waals surface area (Å²) in [4.78, 5) is 20.1. The second-order valence-corrected chi connectivity index (χ2v) is 10.4. The molecule has 5 rings (SSSR count). The molecule has 4 aromatic rings. The van der Waals surface area contributed by atoms with E-state index in [1.54, 1.807) is 24.4 Å². The first-order valence-electron chi connectivity index (χ1n) is 11.9. The fourth-order valence-corrected chi connectivity index (χ4v) is 6.43. The Bertz CT molecular complexity index is 1400. The van der Waals surface area contributed by atoms with Gasteiger partial charge in [-0.1, -0.05) is 43.0 Å². The van der Waals surface area contributed by atoms with E-state index in [0.717, 1.165) is 72.3 Å². The van der Waals surface area contributed by atoms with Crippen molar-refractivity contribution in [2.75, 3.05) is 7.11 Å². The third-order valence-corrected chi connectivity index (χ3v) is 8.44. The maximum Gasteiger partial charge on any atom is 0.266 e. The van der Waals surface area contributed by atoms with Crippen LogP contribution in [0, 0.1) is 11.6 Å². The largest absolute Gasteiger partial charge is 0.496 e. The number of carbonyl (C=O) groups excluding carboxylic acids is 1. The number of aromatic nitrogens is 1. The minimum absolute atomic E-state index is 0.00558. The molecule has 0 unspecified atom stereocenters. The summed E-state index contributed by atoms with van der Waals surface area (Å²) in [6, 6.07) is 11.8. The number of halogens is 3. The highest BCUT2D eigenvalue weighted by Gasteiger charge is 2.31. The molecule has 1 aliphatic carbocycles. The van der Waals surface area contributed by atoms with Crippen molar-refractivity contribution in [3.05, 3.63) is 82.0 Å². The lowest BCUT2D eigenvalue weighted by molar-refractivity contribution is 0.0618. The van der Waals surface area contributed by atoms with Crippen LogP contribution in [0.2, 0.25) is 5.02 Å². The van der Waals surface area contributed by atoms with Crippen molar-refractivity contribution in [3.63, 3.8) is 0 Å². The van der Waals surface area contributed by atoms with Crippen molar-refractivity contribution in [2.45, 2.75) is 44.7 Å². The molecule has 0 aliphatic heterocycles. The van der Waals surface area contributed by atoms with E-state index in [9.17, 15) is 13.6 Å². The van der Waals surface area contributed by atoms with Gasteiger partial charge in [0.15, 0.2) is 0 Å². The number of hydrogen-bond acceptors (Lipinski definition) is 4. The van der Waals surface area contributed by atoms with Crippen molar-refractivity contribution in [1.82, 2.24) is 9.88 Å². The molecule has 1 aliphatic rings. The van der Waals surface area contributed by atoms with Crippen LogP contribution in [-0.4, -0.2) is 28.9 Å². The summed E-state index contributed by atoms with van der Waals surface area (Å²) in [7, 11) is 1.60. The lowest BCUT2D eigenvalue weighted by Crippen LogP contribution is -2.40. The minimum Gasteiger partial charge on any atom is -0.496 e. The Morgan fingerprint density at radius 1 is 1.11 bits per heavy atom. The molecule has 0 saturated heterocycles. The van der Waals surface area contributed by atoms with Crippen molar-refractivity contribution < 1.29 is 18.3 Å². The molecule has 2 aromatic carbocycles. The van der Waals surface area contributed by atoms with Crippen LogP contribution >= 0.6 is 22.9 Å². The van der Waals surface area contributed by atoms with Crippen molar-refractivity contribution >= 4 is 38.9 Å². The summed E-state index contributed by atoms with van der Waals surface area (Å²) < 4.78 is 34.7. The first-order chi connectivity index (χ1) is 17.5. The molecule has 0 atom stereocenters. The third kappa shape index (κ3) is 4.70. The molecule has 0 N–H and O–H groups in total. The van der Waals surface area contributed by atoms with Gasteiger partial charge >= 0.3 is 0 Å². The first-order valence-corrected chi connectivity index (χ1v) is 13.1. The fraction of sp³-hybridized carbons (Fsp3) is 0.286. The summed E-state index contributed by atoms with van der Waals surface area (Å²) in [6.07, 6.45) is 8.39. The molecule has 2 heterocycles. The van der Waals surface area contributed by atoms with Crippen LogP contribution in [0.5, 0.6) is 5.75 Å². The number of amides is 1. The second-order valence-electron chi connectivity index (χ2n) is 8.97. The number of hydrogen-bond donors (Lipinski definition) is 0. The molecule has 0 bridgehead atoms. The van der Waals surface area contributed by atoms with Gasteiger partial charge in [0.2, 0.25) is 0 Å². The van der Waals surface area contributed by atoms with Crippen LogP contribution < -0.4 is 4.74 Å². The van der Waals surface area contributed by atoms with Gasteiger partial charge in [-0.25, -0.2) is 8.78 Å². The van der Waals surface area contributed by atoms with Gasteiger partial charge in [-0.3, -0.25) is 9.78 Å². The Kier molecular flexibility index (Phi) is 7.21. The van der Waals surface area contributed by atoms with E-state index in [0.29, 0.717) is 5.75 Å². The van der Waals surface area contributed by atoms with Crippen LogP contribution in [0.25, 0.3) is 21.2 Å². The maximum atomic E-state index is 14.5. The number of pyridine rings is 1. The zero-order valence-corrected chi connectivity index (χ0v) is 21.3. The molecule has 0 radical (unpaired) electrons. The summed E-state index contributed by atoms with van der Waals surface area (Å²) in [5, 5.41) is -0.0707. The van der Waals surface area contributed by atoms with E-state index in [1.807, 2.05) is 30.3 Å². The van der Waals surface area contributed by atoms with E-state index in [4.69, 9.17) is 16.3 Å². The minimum atomic E-state index is -0.637. The smallest absolute Gasteiger partial charge is 0.266 e. The zero-order chi connectivity index (χ0) is 25.2. The van der Waals surface area contributed by atoms with Crippen molar-refractivity contribution in [3.8, 4) is 16.9 Å². The first kappa shape index (κ1) is 24.7. The SMILES string of the molecule is COc1ccc(-c2cccnc2)cc1CN(C(=O)c1sc2c(F)ccc(F)c2c1Cl)C1CCCCC1. The number of carbonyl (C=O) groups is 1. The average Bonchev–Trinajstić information content (AvgIpc) is 3.28. The van der Waals surface area contributed by atoms with Crippen LogP contribution in [-0.2, 0) is 6.54 Å². The van der Waals surface area contributed by atoms with Crippen LogP contribution in [0.3, 0.4) is 0 Å². The van der Waals surface area contributed by atoms with Gasteiger partial charge in [0.1, 0.15) is 22.3 Å². The Hall–Kier alpha value is -3.03. The highest BCUT2D eigenvalue weighted by molar-refractivity contribution is 7.21. The third-order valence-electron chi connectivity index (χ3n) is 6.77. The molecule has 8 heteroatoms. The van der Waals surface area contributed by atoms with Crippen LogP contribution in [0.4, 0.5) is 8.78 Å². The Balaban J connectivity index is 1.57. The van der Waals surface area contributed by atoms with Gasteiger partial charge in [0.25, 0.3) is 5.91 Å². The standard InChI is InChI=1S/C28H25ClF2N2O2S/c1-35-23-12-9-17(18-6-5-13-32-15-18)14-19(23)16-33(20-7-3-2-4-8-20)28(34)27-25(29)24-21(30)10-11-22(31)26(24)36-27/h5-6,9-15,20H,2-4,7-8,16H2,1H3. The molecule has 186 valence electrons. The van der Waals surface area contributed by atoms with Gasteiger partial charge < -0.3 is 9.64 Å². The van der Waals surface area contributed by atoms with Crippen molar-refractivity contribution in [1.29, 1.82) is 0 Å². The molecular formula is C28H25ClF2N2O2S. The molecule has 4 nitrogen and oxygen atoms in total. The molecule has 36 heavy (non-hydrogen) atoms.